The van der Waals surface area contributed by atoms with Crippen LogP contribution < -0.4 is 0 Å². The third kappa shape index (κ3) is 1.42. The molecular weight excluding hydrogens is 214 g/mol. The van der Waals surface area contributed by atoms with Gasteiger partial charge in [-0.15, -0.1) is 0 Å². The first-order valence-electron chi connectivity index (χ1n) is 5.99. The van der Waals surface area contributed by atoms with Gasteiger partial charge in [0.2, 0.25) is 0 Å². The van der Waals surface area contributed by atoms with Crippen molar-refractivity contribution in [2.75, 3.05) is 6.61 Å². The van der Waals surface area contributed by atoms with Gasteiger partial charge in [0, 0.05) is 22.7 Å². The molecule has 0 spiro atoms. The van der Waals surface area contributed by atoms with E-state index in [0.717, 1.165) is 30.2 Å². The molecule has 3 heteroatoms. The molecule has 0 bridgehead atoms. The topological polar surface area (TPSA) is 53.1 Å². The van der Waals surface area contributed by atoms with E-state index in [2.05, 4.69) is 4.98 Å². The van der Waals surface area contributed by atoms with Crippen molar-refractivity contribution in [2.24, 2.45) is 5.41 Å². The van der Waals surface area contributed by atoms with Gasteiger partial charge in [-0.3, -0.25) is 4.79 Å². The van der Waals surface area contributed by atoms with Crippen LogP contribution in [0, 0.1) is 5.41 Å². The Labute approximate surface area is 99.5 Å². The molecule has 0 saturated heterocycles. The molecule has 88 valence electrons. The van der Waals surface area contributed by atoms with E-state index in [1.165, 1.54) is 0 Å². The Morgan fingerprint density at radius 2 is 2.12 bits per heavy atom. The van der Waals surface area contributed by atoms with Gasteiger partial charge in [0.05, 0.1) is 12.0 Å². The Balaban J connectivity index is 2.07. The van der Waals surface area contributed by atoms with E-state index in [1.54, 1.807) is 6.20 Å². The van der Waals surface area contributed by atoms with Crippen molar-refractivity contribution in [1.29, 1.82) is 0 Å². The highest BCUT2D eigenvalue weighted by molar-refractivity contribution is 6.10. The van der Waals surface area contributed by atoms with Gasteiger partial charge < -0.3 is 10.1 Å². The summed E-state index contributed by atoms with van der Waals surface area (Å²) in [6.07, 6.45) is 4.42. The van der Waals surface area contributed by atoms with Crippen molar-refractivity contribution in [3.63, 3.8) is 0 Å². The summed E-state index contributed by atoms with van der Waals surface area (Å²) in [6, 6.07) is 7.78. The molecule has 17 heavy (non-hydrogen) atoms. The number of nitrogens with one attached hydrogen (secondary N) is 1. The summed E-state index contributed by atoms with van der Waals surface area (Å²) in [5, 5.41) is 10.4. The Morgan fingerprint density at radius 3 is 2.76 bits per heavy atom. The summed E-state index contributed by atoms with van der Waals surface area (Å²) < 4.78 is 0. The lowest BCUT2D eigenvalue weighted by Crippen LogP contribution is -2.41. The molecule has 1 fully saturated rings. The fourth-order valence-electron chi connectivity index (χ4n) is 2.61. The first-order chi connectivity index (χ1) is 8.27. The zero-order valence-electron chi connectivity index (χ0n) is 9.57. The molecule has 3 rings (SSSR count). The van der Waals surface area contributed by atoms with Crippen molar-refractivity contribution in [2.45, 2.75) is 19.3 Å². The van der Waals surface area contributed by atoms with Crippen LogP contribution in [0.5, 0.6) is 0 Å². The van der Waals surface area contributed by atoms with Crippen LogP contribution in [0.15, 0.2) is 30.5 Å². The number of Topliss-reactive ketones (excluding diaryl/α,β-unsaturated/α-hetero) is 1. The molecule has 1 aliphatic carbocycles. The maximum Gasteiger partial charge on any atom is 0.173 e. The number of H-pyrrole nitrogens is 1. The van der Waals surface area contributed by atoms with Crippen LogP contribution in [0.4, 0.5) is 0 Å². The molecule has 1 heterocycles. The van der Waals surface area contributed by atoms with Crippen LogP contribution in [0.25, 0.3) is 10.9 Å². The molecule has 1 aromatic heterocycles. The first kappa shape index (κ1) is 10.5. The normalized spacial score (nSPS) is 17.9. The van der Waals surface area contributed by atoms with Gasteiger partial charge in [-0.2, -0.15) is 0 Å². The molecule has 2 aromatic rings. The molecule has 1 saturated carbocycles. The molecular formula is C14H15NO2. The molecule has 1 aromatic carbocycles. The van der Waals surface area contributed by atoms with Crippen LogP contribution >= 0.6 is 0 Å². The van der Waals surface area contributed by atoms with Gasteiger partial charge in [-0.25, -0.2) is 0 Å². The number of rotatable bonds is 3. The minimum Gasteiger partial charge on any atom is -0.395 e. The summed E-state index contributed by atoms with van der Waals surface area (Å²) in [5.41, 5.74) is 1.18. The lowest BCUT2D eigenvalue weighted by atomic mass is 9.65. The smallest absolute Gasteiger partial charge is 0.173 e. The van der Waals surface area contributed by atoms with Crippen molar-refractivity contribution in [3.8, 4) is 0 Å². The standard InChI is InChI=1S/C14H15NO2/c16-9-14(6-3-7-14)13(17)11-8-15-12-5-2-1-4-10(11)12/h1-2,4-5,8,15-16H,3,6-7,9H2. The predicted octanol–water partition coefficient (Wildman–Crippen LogP) is 2.51. The van der Waals surface area contributed by atoms with E-state index < -0.39 is 5.41 Å². The zero-order chi connectivity index (χ0) is 11.9. The van der Waals surface area contributed by atoms with Crippen LogP contribution in [-0.2, 0) is 0 Å². The van der Waals surface area contributed by atoms with E-state index in [9.17, 15) is 9.90 Å². The highest BCUT2D eigenvalue weighted by Crippen LogP contribution is 2.43. The summed E-state index contributed by atoms with van der Waals surface area (Å²) in [4.78, 5) is 15.6. The highest BCUT2D eigenvalue weighted by atomic mass is 16.3. The third-order valence-electron chi connectivity index (χ3n) is 3.93. The lowest BCUT2D eigenvalue weighted by Gasteiger charge is -2.38. The predicted molar refractivity (Wildman–Crippen MR) is 66.0 cm³/mol. The molecule has 0 atom stereocenters. The Hall–Kier alpha value is -1.61. The monoisotopic (exact) mass is 229 g/mol. The van der Waals surface area contributed by atoms with Crippen LogP contribution in [0.1, 0.15) is 29.6 Å². The van der Waals surface area contributed by atoms with E-state index in [0.29, 0.717) is 5.56 Å². The van der Waals surface area contributed by atoms with Gasteiger partial charge in [0.25, 0.3) is 0 Å². The summed E-state index contributed by atoms with van der Waals surface area (Å²) in [5.74, 6) is 0.0868. The van der Waals surface area contributed by atoms with Gasteiger partial charge in [-0.1, -0.05) is 24.6 Å². The number of carbonyl (C=O) groups is 1. The second-order valence-electron chi connectivity index (χ2n) is 4.87. The number of benzene rings is 1. The largest absolute Gasteiger partial charge is 0.395 e. The number of carbonyl (C=O) groups excluding carboxylic acids is 1. The van der Waals surface area contributed by atoms with Crippen molar-refractivity contribution >= 4 is 16.7 Å². The quantitative estimate of drug-likeness (QED) is 0.794. The number of fused-ring (bicyclic) bond motifs is 1. The SMILES string of the molecule is O=C(c1c[nH]c2ccccc12)C1(CO)CCC1. The van der Waals surface area contributed by atoms with E-state index in [1.807, 2.05) is 24.3 Å². The number of hydrogen-bond acceptors (Lipinski definition) is 2. The molecule has 1 aliphatic rings. The number of ketones is 1. The number of aromatic nitrogens is 1. The Bertz CT molecular complexity index is 561. The maximum atomic E-state index is 12.5. The Morgan fingerprint density at radius 1 is 1.35 bits per heavy atom. The fraction of sp³-hybridized carbons (Fsp3) is 0.357. The van der Waals surface area contributed by atoms with Crippen molar-refractivity contribution in [3.05, 3.63) is 36.0 Å². The summed E-state index contributed by atoms with van der Waals surface area (Å²) in [6.45, 7) is -0.0364. The molecule has 0 aliphatic heterocycles. The Kier molecular flexibility index (Phi) is 2.30. The first-order valence-corrected chi connectivity index (χ1v) is 5.99. The van der Waals surface area contributed by atoms with Crippen LogP contribution in [0.3, 0.4) is 0 Å². The zero-order valence-corrected chi connectivity index (χ0v) is 9.57. The minimum absolute atomic E-state index is 0.0364. The van der Waals surface area contributed by atoms with Gasteiger partial charge in [0.1, 0.15) is 0 Å². The van der Waals surface area contributed by atoms with E-state index >= 15 is 0 Å². The number of aromatic amines is 1. The number of hydrogen-bond donors (Lipinski definition) is 2. The average molecular weight is 229 g/mol. The molecule has 0 amide bonds. The van der Waals surface area contributed by atoms with Crippen LogP contribution in [-0.4, -0.2) is 22.5 Å². The maximum absolute atomic E-state index is 12.5. The number of aliphatic hydroxyl groups excluding tert-OH is 1. The van der Waals surface area contributed by atoms with Crippen molar-refractivity contribution in [1.82, 2.24) is 4.98 Å². The van der Waals surface area contributed by atoms with E-state index in [-0.39, 0.29) is 12.4 Å². The number of aliphatic hydroxyl groups is 1. The molecule has 0 unspecified atom stereocenters. The number of para-hydroxylation sites is 1. The third-order valence-corrected chi connectivity index (χ3v) is 3.93. The van der Waals surface area contributed by atoms with Gasteiger partial charge >= 0.3 is 0 Å². The van der Waals surface area contributed by atoms with Gasteiger partial charge in [0.15, 0.2) is 5.78 Å². The lowest BCUT2D eigenvalue weighted by molar-refractivity contribution is 0.0350. The highest BCUT2D eigenvalue weighted by Gasteiger charge is 2.44. The van der Waals surface area contributed by atoms with Crippen molar-refractivity contribution < 1.29 is 9.90 Å². The minimum atomic E-state index is -0.509. The second-order valence-corrected chi connectivity index (χ2v) is 4.87. The summed E-state index contributed by atoms with van der Waals surface area (Å²) in [7, 11) is 0. The van der Waals surface area contributed by atoms with Gasteiger partial charge in [-0.05, 0) is 18.9 Å². The van der Waals surface area contributed by atoms with Crippen LogP contribution in [0.2, 0.25) is 0 Å². The second kappa shape index (κ2) is 3.70. The molecule has 2 N–H and O–H groups in total. The molecule has 0 radical (unpaired) electrons. The average Bonchev–Trinajstić information content (AvgIpc) is 2.71. The molecule has 3 nitrogen and oxygen atoms in total. The van der Waals surface area contributed by atoms with E-state index in [4.69, 9.17) is 0 Å². The fourth-order valence-corrected chi connectivity index (χ4v) is 2.61. The summed E-state index contributed by atoms with van der Waals surface area (Å²) >= 11 is 0.